The molecular formula is C24H35N5OS. The predicted octanol–water partition coefficient (Wildman–Crippen LogP) is 3.32. The van der Waals surface area contributed by atoms with Gasteiger partial charge in [-0.15, -0.1) is 11.3 Å². The van der Waals surface area contributed by atoms with Crippen molar-refractivity contribution >= 4 is 17.2 Å². The van der Waals surface area contributed by atoms with Gasteiger partial charge >= 0.3 is 0 Å². The number of piperidine rings is 2. The van der Waals surface area contributed by atoms with Crippen molar-refractivity contribution in [2.75, 3.05) is 39.3 Å². The zero-order valence-corrected chi connectivity index (χ0v) is 19.6. The SMILES string of the molecule is Cn1nc(C(=O)NCCCN2CCC(N3CCCCC3)CC2)c2c1-c1ccsc1CC2. The lowest BCUT2D eigenvalue weighted by Gasteiger charge is -2.40. The summed E-state index contributed by atoms with van der Waals surface area (Å²) in [7, 11) is 1.95. The van der Waals surface area contributed by atoms with E-state index in [0.29, 0.717) is 5.69 Å². The molecule has 2 fully saturated rings. The number of amides is 1. The normalized spacial score (nSPS) is 20.4. The number of fused-ring (bicyclic) bond motifs is 3. The van der Waals surface area contributed by atoms with E-state index in [1.54, 1.807) is 11.3 Å². The van der Waals surface area contributed by atoms with Crippen molar-refractivity contribution in [1.29, 1.82) is 0 Å². The van der Waals surface area contributed by atoms with Crippen LogP contribution in [0.15, 0.2) is 11.4 Å². The number of aryl methyl sites for hydroxylation is 2. The van der Waals surface area contributed by atoms with Crippen LogP contribution in [0.3, 0.4) is 0 Å². The van der Waals surface area contributed by atoms with E-state index in [1.165, 1.54) is 68.7 Å². The average Bonchev–Trinajstić information content (AvgIpc) is 3.42. The van der Waals surface area contributed by atoms with Gasteiger partial charge in [0.2, 0.25) is 0 Å². The van der Waals surface area contributed by atoms with Gasteiger partial charge in [0.25, 0.3) is 5.91 Å². The summed E-state index contributed by atoms with van der Waals surface area (Å²) >= 11 is 1.80. The zero-order chi connectivity index (χ0) is 21.2. The number of thiophene rings is 1. The van der Waals surface area contributed by atoms with Gasteiger partial charge in [-0.3, -0.25) is 9.48 Å². The molecule has 0 spiro atoms. The molecule has 1 N–H and O–H groups in total. The molecule has 6 nitrogen and oxygen atoms in total. The Bertz CT molecular complexity index is 905. The molecule has 31 heavy (non-hydrogen) atoms. The number of carbonyl (C=O) groups excluding carboxylic acids is 1. The van der Waals surface area contributed by atoms with Crippen LogP contribution < -0.4 is 5.32 Å². The van der Waals surface area contributed by atoms with E-state index >= 15 is 0 Å². The summed E-state index contributed by atoms with van der Waals surface area (Å²) in [6, 6.07) is 2.96. The van der Waals surface area contributed by atoms with Gasteiger partial charge in [0.15, 0.2) is 5.69 Å². The maximum atomic E-state index is 12.8. The standard InChI is InChI=1S/C24H35N5OS/c1-27-23-19-10-17-31-21(19)7-6-20(23)22(26-27)24(30)25-11-5-12-28-15-8-18(9-16-28)29-13-3-2-4-14-29/h10,17-18H,2-9,11-16H2,1H3,(H,25,30). The molecule has 0 unspecified atom stereocenters. The van der Waals surface area contributed by atoms with Crippen molar-refractivity contribution in [3.05, 3.63) is 27.6 Å². The van der Waals surface area contributed by atoms with Gasteiger partial charge in [-0.05, 0) is 89.1 Å². The first-order valence-corrected chi connectivity index (χ1v) is 13.0. The molecule has 168 valence electrons. The first kappa shape index (κ1) is 21.2. The van der Waals surface area contributed by atoms with Crippen molar-refractivity contribution in [2.45, 2.75) is 57.4 Å². The fourth-order valence-corrected chi connectivity index (χ4v) is 6.57. The summed E-state index contributed by atoms with van der Waals surface area (Å²) in [6.45, 7) is 6.81. The number of likely N-dealkylation sites (tertiary alicyclic amines) is 2. The maximum Gasteiger partial charge on any atom is 0.272 e. The highest BCUT2D eigenvalue weighted by molar-refractivity contribution is 7.10. The van der Waals surface area contributed by atoms with E-state index in [1.807, 2.05) is 11.7 Å². The Labute approximate surface area is 189 Å². The molecule has 2 saturated heterocycles. The molecule has 0 radical (unpaired) electrons. The van der Waals surface area contributed by atoms with Gasteiger partial charge in [0.1, 0.15) is 0 Å². The Hall–Kier alpha value is -1.70. The summed E-state index contributed by atoms with van der Waals surface area (Å²) in [4.78, 5) is 19.6. The van der Waals surface area contributed by atoms with Crippen LogP contribution in [0.4, 0.5) is 0 Å². The highest BCUT2D eigenvalue weighted by Crippen LogP contribution is 2.37. The molecule has 2 aromatic rings. The van der Waals surface area contributed by atoms with E-state index < -0.39 is 0 Å². The van der Waals surface area contributed by atoms with E-state index in [9.17, 15) is 4.79 Å². The second kappa shape index (κ2) is 9.43. The highest BCUT2D eigenvalue weighted by Gasteiger charge is 2.28. The summed E-state index contributed by atoms with van der Waals surface area (Å²) in [5.41, 5.74) is 4.12. The second-order valence-corrected chi connectivity index (χ2v) is 10.3. The molecule has 3 aliphatic rings. The lowest BCUT2D eigenvalue weighted by atomic mass is 9.94. The predicted molar refractivity (Wildman–Crippen MR) is 126 cm³/mol. The Kier molecular flexibility index (Phi) is 6.44. The molecule has 5 rings (SSSR count). The smallest absolute Gasteiger partial charge is 0.272 e. The van der Waals surface area contributed by atoms with E-state index in [2.05, 4.69) is 31.7 Å². The second-order valence-electron chi connectivity index (χ2n) is 9.34. The van der Waals surface area contributed by atoms with Gasteiger partial charge in [-0.1, -0.05) is 6.42 Å². The minimum atomic E-state index is -0.0145. The Morgan fingerprint density at radius 2 is 1.97 bits per heavy atom. The van der Waals surface area contributed by atoms with Crippen LogP contribution in [0.1, 0.15) is 59.5 Å². The first-order valence-electron chi connectivity index (χ1n) is 12.1. The van der Waals surface area contributed by atoms with Crippen molar-refractivity contribution in [1.82, 2.24) is 24.9 Å². The van der Waals surface area contributed by atoms with Crippen LogP contribution in [-0.4, -0.2) is 70.8 Å². The van der Waals surface area contributed by atoms with Gasteiger partial charge in [-0.2, -0.15) is 5.10 Å². The lowest BCUT2D eigenvalue weighted by Crippen LogP contribution is -2.47. The molecule has 2 aliphatic heterocycles. The summed E-state index contributed by atoms with van der Waals surface area (Å²) in [5.74, 6) is -0.0145. The fourth-order valence-electron chi connectivity index (χ4n) is 5.69. The first-order chi connectivity index (χ1) is 15.2. The summed E-state index contributed by atoms with van der Waals surface area (Å²) < 4.78 is 1.89. The number of hydrogen-bond acceptors (Lipinski definition) is 5. The molecule has 0 saturated carbocycles. The Morgan fingerprint density at radius 1 is 1.16 bits per heavy atom. The van der Waals surface area contributed by atoms with Crippen LogP contribution in [-0.2, 0) is 19.9 Å². The third kappa shape index (κ3) is 4.45. The average molecular weight is 442 g/mol. The maximum absolute atomic E-state index is 12.8. The Morgan fingerprint density at radius 3 is 2.77 bits per heavy atom. The largest absolute Gasteiger partial charge is 0.351 e. The number of aromatic nitrogens is 2. The zero-order valence-electron chi connectivity index (χ0n) is 18.7. The fraction of sp³-hybridized carbons (Fsp3) is 0.667. The molecule has 4 heterocycles. The van der Waals surface area contributed by atoms with Gasteiger partial charge in [-0.25, -0.2) is 0 Å². The molecule has 0 aromatic carbocycles. The van der Waals surface area contributed by atoms with Crippen LogP contribution in [0.25, 0.3) is 11.3 Å². The van der Waals surface area contributed by atoms with Crippen molar-refractivity contribution in [3.8, 4) is 11.3 Å². The minimum absolute atomic E-state index is 0.0145. The molecule has 7 heteroatoms. The molecular weight excluding hydrogens is 406 g/mol. The lowest BCUT2D eigenvalue weighted by molar-refractivity contribution is 0.0900. The number of hydrogen-bond donors (Lipinski definition) is 1. The van der Waals surface area contributed by atoms with Crippen LogP contribution in [0, 0.1) is 0 Å². The molecule has 0 bridgehead atoms. The van der Waals surface area contributed by atoms with Crippen molar-refractivity contribution in [3.63, 3.8) is 0 Å². The monoisotopic (exact) mass is 441 g/mol. The molecule has 2 aromatic heterocycles. The highest BCUT2D eigenvalue weighted by atomic mass is 32.1. The summed E-state index contributed by atoms with van der Waals surface area (Å²) in [6.07, 6.45) is 9.71. The quantitative estimate of drug-likeness (QED) is 0.699. The molecule has 0 atom stereocenters. The van der Waals surface area contributed by atoms with E-state index in [-0.39, 0.29) is 5.91 Å². The topological polar surface area (TPSA) is 53.4 Å². The van der Waals surface area contributed by atoms with Gasteiger partial charge < -0.3 is 15.1 Å². The van der Waals surface area contributed by atoms with Crippen LogP contribution in [0.5, 0.6) is 0 Å². The van der Waals surface area contributed by atoms with Gasteiger partial charge in [0.05, 0.1) is 5.69 Å². The van der Waals surface area contributed by atoms with E-state index in [0.717, 1.165) is 49.7 Å². The number of carbonyl (C=O) groups is 1. The van der Waals surface area contributed by atoms with E-state index in [4.69, 9.17) is 0 Å². The third-order valence-corrected chi connectivity index (χ3v) is 8.34. The summed E-state index contributed by atoms with van der Waals surface area (Å²) in [5, 5.41) is 9.86. The third-order valence-electron chi connectivity index (χ3n) is 7.36. The van der Waals surface area contributed by atoms with Crippen molar-refractivity contribution < 1.29 is 4.79 Å². The number of rotatable bonds is 6. The van der Waals surface area contributed by atoms with Crippen LogP contribution in [0.2, 0.25) is 0 Å². The number of nitrogens with one attached hydrogen (secondary N) is 1. The minimum Gasteiger partial charge on any atom is -0.351 e. The molecule has 1 amide bonds. The Balaban J connectivity index is 1.08. The van der Waals surface area contributed by atoms with Gasteiger partial charge in [0, 0.05) is 35.6 Å². The van der Waals surface area contributed by atoms with Crippen LogP contribution >= 0.6 is 11.3 Å². The molecule has 1 aliphatic carbocycles. The number of nitrogens with zero attached hydrogens (tertiary/aromatic N) is 4. The van der Waals surface area contributed by atoms with Crippen molar-refractivity contribution in [2.24, 2.45) is 7.05 Å².